The molecular weight excluding hydrogens is 289 g/mol. The minimum absolute atomic E-state index is 0.0820. The highest BCUT2D eigenvalue weighted by molar-refractivity contribution is 5.95. The molecule has 0 amide bonds. The molecule has 3 atom stereocenters. The molecule has 116 valence electrons. The van der Waals surface area contributed by atoms with E-state index < -0.39 is 0 Å². The van der Waals surface area contributed by atoms with Gasteiger partial charge >= 0.3 is 0 Å². The summed E-state index contributed by atoms with van der Waals surface area (Å²) in [5, 5.41) is 3.56. The molecule has 0 radical (unpaired) electrons. The molecule has 1 heterocycles. The highest BCUT2D eigenvalue weighted by Crippen LogP contribution is 2.49. The van der Waals surface area contributed by atoms with Gasteiger partial charge in [0.15, 0.2) is 5.78 Å². The second-order valence-electron chi connectivity index (χ2n) is 6.39. The summed E-state index contributed by atoms with van der Waals surface area (Å²) in [4.78, 5) is 11.7. The quantitative estimate of drug-likeness (QED) is 0.634. The molecule has 0 spiro atoms. The number of ketones is 1. The predicted molar refractivity (Wildman–Crippen MR) is 89.2 cm³/mol. The van der Waals surface area contributed by atoms with Crippen molar-refractivity contribution >= 4 is 11.5 Å². The topological polar surface area (TPSA) is 29.1 Å². The molecule has 1 aliphatic carbocycles. The molecule has 2 aromatic carbocycles. The van der Waals surface area contributed by atoms with E-state index in [0.29, 0.717) is 5.92 Å². The summed E-state index contributed by atoms with van der Waals surface area (Å²) in [6.45, 7) is 1.59. The molecule has 2 nitrogen and oxygen atoms in total. The van der Waals surface area contributed by atoms with Crippen LogP contribution in [0.15, 0.2) is 54.6 Å². The number of anilines is 1. The van der Waals surface area contributed by atoms with Crippen LogP contribution in [-0.2, 0) is 0 Å². The molecule has 4 rings (SSSR count). The Morgan fingerprint density at radius 3 is 2.87 bits per heavy atom. The first-order valence-electron chi connectivity index (χ1n) is 7.97. The maximum Gasteiger partial charge on any atom is 0.159 e. The summed E-state index contributed by atoms with van der Waals surface area (Å²) in [5.41, 5.74) is 3.93. The largest absolute Gasteiger partial charge is 0.378 e. The summed E-state index contributed by atoms with van der Waals surface area (Å²) < 4.78 is 13.6. The van der Waals surface area contributed by atoms with Gasteiger partial charge in [-0.1, -0.05) is 24.3 Å². The van der Waals surface area contributed by atoms with Crippen LogP contribution >= 0.6 is 0 Å². The minimum Gasteiger partial charge on any atom is -0.378 e. The van der Waals surface area contributed by atoms with E-state index in [1.54, 1.807) is 19.1 Å². The number of nitrogens with one attached hydrogen (secondary N) is 1. The maximum atomic E-state index is 13.6. The zero-order valence-electron chi connectivity index (χ0n) is 12.9. The van der Waals surface area contributed by atoms with Gasteiger partial charge in [0.1, 0.15) is 5.82 Å². The van der Waals surface area contributed by atoms with E-state index in [1.165, 1.54) is 11.6 Å². The molecule has 0 fully saturated rings. The van der Waals surface area contributed by atoms with E-state index in [-0.39, 0.29) is 23.6 Å². The lowest BCUT2D eigenvalue weighted by atomic mass is 9.76. The third-order valence-electron chi connectivity index (χ3n) is 4.98. The molecule has 3 heteroatoms. The number of carbonyl (C=O) groups is 1. The standard InChI is InChI=1S/C20H18FNO/c1-12(23)13-8-9-19-18(11-13)16-6-3-7-17(16)20(22-19)14-4-2-5-15(21)10-14/h2-6,8-11,16-17,20,22H,7H2,1H3/t16-,17-,20+/m1/s1. The van der Waals surface area contributed by atoms with E-state index >= 15 is 0 Å². The molecule has 1 aliphatic heterocycles. The van der Waals surface area contributed by atoms with Crippen LogP contribution in [-0.4, -0.2) is 5.78 Å². The lowest BCUT2D eigenvalue weighted by Crippen LogP contribution is -2.29. The van der Waals surface area contributed by atoms with Crippen molar-refractivity contribution < 1.29 is 9.18 Å². The highest BCUT2D eigenvalue weighted by atomic mass is 19.1. The number of carbonyl (C=O) groups excluding carboxylic acids is 1. The number of benzene rings is 2. The number of rotatable bonds is 2. The lowest BCUT2D eigenvalue weighted by Gasteiger charge is -2.37. The van der Waals surface area contributed by atoms with Crippen LogP contribution in [0.1, 0.15) is 46.8 Å². The molecule has 2 aromatic rings. The van der Waals surface area contributed by atoms with Crippen molar-refractivity contribution in [3.8, 4) is 0 Å². The second kappa shape index (κ2) is 5.34. The molecule has 0 saturated heterocycles. The van der Waals surface area contributed by atoms with Gasteiger partial charge in [-0.15, -0.1) is 0 Å². The van der Waals surface area contributed by atoms with Gasteiger partial charge in [-0.05, 0) is 60.7 Å². The van der Waals surface area contributed by atoms with Gasteiger partial charge in [0.2, 0.25) is 0 Å². The van der Waals surface area contributed by atoms with E-state index in [1.807, 2.05) is 24.3 Å². The van der Waals surface area contributed by atoms with Crippen molar-refractivity contribution in [1.82, 2.24) is 0 Å². The Bertz CT molecular complexity index is 811. The van der Waals surface area contributed by atoms with Crippen molar-refractivity contribution in [3.63, 3.8) is 0 Å². The van der Waals surface area contributed by atoms with Crippen LogP contribution < -0.4 is 5.32 Å². The summed E-state index contributed by atoms with van der Waals surface area (Å²) in [7, 11) is 0. The van der Waals surface area contributed by atoms with E-state index in [9.17, 15) is 9.18 Å². The Hall–Kier alpha value is -2.42. The Kier molecular flexibility index (Phi) is 3.29. The van der Waals surface area contributed by atoms with Crippen LogP contribution in [0.4, 0.5) is 10.1 Å². The molecule has 0 aromatic heterocycles. The van der Waals surface area contributed by atoms with Crippen LogP contribution in [0.25, 0.3) is 0 Å². The Balaban J connectivity index is 1.79. The normalized spacial score (nSPS) is 24.7. The number of hydrogen-bond acceptors (Lipinski definition) is 2. The van der Waals surface area contributed by atoms with E-state index in [0.717, 1.165) is 23.2 Å². The first-order valence-corrected chi connectivity index (χ1v) is 7.97. The third kappa shape index (κ3) is 2.37. The van der Waals surface area contributed by atoms with E-state index in [4.69, 9.17) is 0 Å². The zero-order chi connectivity index (χ0) is 16.0. The molecule has 0 saturated carbocycles. The van der Waals surface area contributed by atoms with Crippen molar-refractivity contribution in [2.75, 3.05) is 5.32 Å². The summed E-state index contributed by atoms with van der Waals surface area (Å²) in [6, 6.07) is 12.7. The molecular formula is C20H18FNO. The Labute approximate surface area is 135 Å². The molecule has 0 bridgehead atoms. The van der Waals surface area contributed by atoms with Crippen LogP contribution in [0, 0.1) is 11.7 Å². The van der Waals surface area contributed by atoms with Gasteiger partial charge in [-0.2, -0.15) is 0 Å². The summed E-state index contributed by atoms with van der Waals surface area (Å²) in [6.07, 6.45) is 5.38. The Morgan fingerprint density at radius 1 is 1.22 bits per heavy atom. The van der Waals surface area contributed by atoms with Crippen LogP contribution in [0.5, 0.6) is 0 Å². The number of allylic oxidation sites excluding steroid dienone is 2. The number of fused-ring (bicyclic) bond motifs is 3. The first kappa shape index (κ1) is 14.2. The number of Topliss-reactive ketones (excluding diaryl/α,β-unsaturated/α-hetero) is 1. The number of halogens is 1. The SMILES string of the molecule is CC(=O)c1ccc2c(c1)[C@@H]1C=CC[C@H]1[C@H](c1cccc(F)c1)N2. The highest BCUT2D eigenvalue weighted by Gasteiger charge is 2.38. The zero-order valence-corrected chi connectivity index (χ0v) is 12.9. The fraction of sp³-hybridized carbons (Fsp3) is 0.250. The Morgan fingerprint density at radius 2 is 2.09 bits per heavy atom. The average molecular weight is 307 g/mol. The molecule has 2 aliphatic rings. The first-order chi connectivity index (χ1) is 11.1. The van der Waals surface area contributed by atoms with Gasteiger partial charge < -0.3 is 5.32 Å². The second-order valence-corrected chi connectivity index (χ2v) is 6.39. The fourth-order valence-electron chi connectivity index (χ4n) is 3.84. The van der Waals surface area contributed by atoms with Gasteiger partial charge in [0, 0.05) is 17.2 Å². The van der Waals surface area contributed by atoms with Crippen molar-refractivity contribution in [1.29, 1.82) is 0 Å². The third-order valence-corrected chi connectivity index (χ3v) is 4.98. The predicted octanol–water partition coefficient (Wildman–Crippen LogP) is 4.85. The molecule has 23 heavy (non-hydrogen) atoms. The minimum atomic E-state index is -0.204. The molecule has 1 N–H and O–H groups in total. The fourth-order valence-corrected chi connectivity index (χ4v) is 3.84. The van der Waals surface area contributed by atoms with Crippen LogP contribution in [0.2, 0.25) is 0 Å². The van der Waals surface area contributed by atoms with Gasteiger partial charge in [-0.25, -0.2) is 4.39 Å². The van der Waals surface area contributed by atoms with Crippen molar-refractivity contribution in [2.24, 2.45) is 5.92 Å². The van der Waals surface area contributed by atoms with Crippen molar-refractivity contribution in [3.05, 3.63) is 77.1 Å². The summed E-state index contributed by atoms with van der Waals surface area (Å²) in [5.74, 6) is 0.508. The number of hydrogen-bond donors (Lipinski definition) is 1. The maximum absolute atomic E-state index is 13.6. The molecule has 0 unspecified atom stereocenters. The smallest absolute Gasteiger partial charge is 0.159 e. The van der Waals surface area contributed by atoms with E-state index in [2.05, 4.69) is 17.5 Å². The average Bonchev–Trinajstić information content (AvgIpc) is 3.03. The van der Waals surface area contributed by atoms with Crippen LogP contribution in [0.3, 0.4) is 0 Å². The van der Waals surface area contributed by atoms with Gasteiger partial charge in [0.05, 0.1) is 6.04 Å². The monoisotopic (exact) mass is 307 g/mol. The van der Waals surface area contributed by atoms with Gasteiger partial charge in [-0.3, -0.25) is 4.79 Å². The van der Waals surface area contributed by atoms with Crippen molar-refractivity contribution in [2.45, 2.75) is 25.3 Å². The van der Waals surface area contributed by atoms with Gasteiger partial charge in [0.25, 0.3) is 0 Å². The lowest BCUT2D eigenvalue weighted by molar-refractivity contribution is 0.101. The summed E-state index contributed by atoms with van der Waals surface area (Å²) >= 11 is 0.